The van der Waals surface area contributed by atoms with E-state index in [0.29, 0.717) is 27.7 Å². The zero-order valence-electron chi connectivity index (χ0n) is 16.4. The van der Waals surface area contributed by atoms with Crippen LogP contribution in [-0.2, 0) is 13.6 Å². The molecule has 0 bridgehead atoms. The maximum absolute atomic E-state index is 13.8. The fourth-order valence-electron chi connectivity index (χ4n) is 3.41. The van der Waals surface area contributed by atoms with Gasteiger partial charge in [0.1, 0.15) is 5.82 Å². The highest BCUT2D eigenvalue weighted by atomic mass is 35.5. The first kappa shape index (κ1) is 20.5. The van der Waals surface area contributed by atoms with Gasteiger partial charge in [0, 0.05) is 29.6 Å². The summed E-state index contributed by atoms with van der Waals surface area (Å²) in [5.74, 6) is -0.532. The molecule has 0 unspecified atom stereocenters. The first-order valence-corrected chi connectivity index (χ1v) is 9.61. The average Bonchev–Trinajstić information content (AvgIpc) is 3.11. The van der Waals surface area contributed by atoms with Gasteiger partial charge in [0.05, 0.1) is 34.6 Å². The standard InChI is InChI=1S/C22H16ClFN6O/c1-30-21(7-14(9-25)13-4-15(23)8-16(24)5-13)19(11-27-30)12-2-3-17-18(6-12)20(10-26)28-29-22(17)31/h2-8,11H,10,26H2,1H3,(H,29,31)/b14-7+. The molecule has 2 aromatic carbocycles. The lowest BCUT2D eigenvalue weighted by atomic mass is 9.99. The molecule has 7 nitrogen and oxygen atoms in total. The van der Waals surface area contributed by atoms with Crippen LogP contribution in [0.2, 0.25) is 5.02 Å². The number of H-pyrrole nitrogens is 1. The van der Waals surface area contributed by atoms with Crippen molar-refractivity contribution in [3.05, 3.63) is 80.7 Å². The number of aromatic nitrogens is 4. The largest absolute Gasteiger partial charge is 0.325 e. The number of hydrogen-bond acceptors (Lipinski definition) is 5. The molecule has 0 saturated heterocycles. The Morgan fingerprint density at radius 1 is 1.32 bits per heavy atom. The second-order valence-electron chi connectivity index (χ2n) is 6.86. The van der Waals surface area contributed by atoms with Gasteiger partial charge < -0.3 is 5.73 Å². The maximum atomic E-state index is 13.8. The Morgan fingerprint density at radius 3 is 2.84 bits per heavy atom. The Kier molecular flexibility index (Phi) is 5.38. The molecule has 9 heteroatoms. The summed E-state index contributed by atoms with van der Waals surface area (Å²) in [6.45, 7) is 0.162. The zero-order chi connectivity index (χ0) is 22.1. The van der Waals surface area contributed by atoms with Crippen LogP contribution in [0.1, 0.15) is 17.0 Å². The molecule has 0 aliphatic rings. The summed E-state index contributed by atoms with van der Waals surface area (Å²) in [4.78, 5) is 12.1. The van der Waals surface area contributed by atoms with E-state index in [1.807, 2.05) is 6.07 Å². The van der Waals surface area contributed by atoms with Crippen molar-refractivity contribution in [3.8, 4) is 17.2 Å². The second kappa shape index (κ2) is 8.14. The zero-order valence-corrected chi connectivity index (χ0v) is 17.1. The lowest BCUT2D eigenvalue weighted by molar-refractivity contribution is 0.627. The highest BCUT2D eigenvalue weighted by Gasteiger charge is 2.14. The Labute approximate surface area is 181 Å². The molecule has 3 N–H and O–H groups in total. The van der Waals surface area contributed by atoms with Crippen LogP contribution < -0.4 is 11.3 Å². The number of nitrogens with two attached hydrogens (primary N) is 1. The molecule has 0 aliphatic heterocycles. The van der Waals surface area contributed by atoms with Crippen LogP contribution in [0.15, 0.2) is 47.4 Å². The number of nitrogens with one attached hydrogen (secondary N) is 1. The molecular formula is C22H16ClFN6O. The third kappa shape index (κ3) is 3.84. The first-order valence-electron chi connectivity index (χ1n) is 9.23. The fraction of sp³-hybridized carbons (Fsp3) is 0.0909. The molecular weight excluding hydrogens is 419 g/mol. The predicted molar refractivity (Wildman–Crippen MR) is 117 cm³/mol. The number of nitriles is 1. The number of nitrogens with zero attached hydrogens (tertiary/aromatic N) is 4. The summed E-state index contributed by atoms with van der Waals surface area (Å²) in [5.41, 5.74) is 8.74. The summed E-state index contributed by atoms with van der Waals surface area (Å²) in [6.07, 6.45) is 3.28. The minimum atomic E-state index is -0.532. The number of rotatable bonds is 4. The third-order valence-corrected chi connectivity index (χ3v) is 5.15. The molecule has 0 radical (unpaired) electrons. The smallest absolute Gasteiger partial charge is 0.272 e. The molecule has 0 amide bonds. The Bertz CT molecular complexity index is 1430. The van der Waals surface area contributed by atoms with E-state index in [4.69, 9.17) is 17.3 Å². The quantitative estimate of drug-likeness (QED) is 0.476. The molecule has 4 rings (SSSR count). The minimum absolute atomic E-state index is 0.162. The van der Waals surface area contributed by atoms with Gasteiger partial charge >= 0.3 is 0 Å². The summed E-state index contributed by atoms with van der Waals surface area (Å²) in [5, 5.41) is 21.8. The SMILES string of the molecule is Cn1ncc(-c2ccc3c(=O)[nH]nc(CN)c3c2)c1/C=C(\C#N)c1cc(F)cc(Cl)c1. The van der Waals surface area contributed by atoms with E-state index in [-0.39, 0.29) is 22.7 Å². The highest BCUT2D eigenvalue weighted by Crippen LogP contribution is 2.30. The van der Waals surface area contributed by atoms with Gasteiger partial charge in [0.25, 0.3) is 5.56 Å². The molecule has 4 aromatic rings. The van der Waals surface area contributed by atoms with Crippen LogP contribution in [0.3, 0.4) is 0 Å². The van der Waals surface area contributed by atoms with Crippen molar-refractivity contribution in [3.63, 3.8) is 0 Å². The Morgan fingerprint density at radius 2 is 2.13 bits per heavy atom. The summed E-state index contributed by atoms with van der Waals surface area (Å²) in [7, 11) is 1.74. The van der Waals surface area contributed by atoms with Crippen LogP contribution in [0.25, 0.3) is 33.5 Å². The van der Waals surface area contributed by atoms with E-state index in [9.17, 15) is 14.4 Å². The summed E-state index contributed by atoms with van der Waals surface area (Å²) >= 11 is 5.95. The van der Waals surface area contributed by atoms with E-state index >= 15 is 0 Å². The van der Waals surface area contributed by atoms with Crippen molar-refractivity contribution < 1.29 is 4.39 Å². The maximum Gasteiger partial charge on any atom is 0.272 e. The summed E-state index contributed by atoms with van der Waals surface area (Å²) < 4.78 is 15.4. The molecule has 0 spiro atoms. The fourth-order valence-corrected chi connectivity index (χ4v) is 3.63. The predicted octanol–water partition coefficient (Wildman–Crippen LogP) is 3.64. The Hall–Kier alpha value is -3.80. The third-order valence-electron chi connectivity index (χ3n) is 4.93. The van der Waals surface area contributed by atoms with Crippen molar-refractivity contribution in [2.24, 2.45) is 12.8 Å². The second-order valence-corrected chi connectivity index (χ2v) is 7.30. The van der Waals surface area contributed by atoms with Gasteiger partial charge in [-0.15, -0.1) is 0 Å². The normalized spacial score (nSPS) is 11.6. The van der Waals surface area contributed by atoms with Gasteiger partial charge in [0.2, 0.25) is 0 Å². The molecule has 2 heterocycles. The monoisotopic (exact) mass is 434 g/mol. The van der Waals surface area contributed by atoms with E-state index in [0.717, 1.165) is 11.1 Å². The van der Waals surface area contributed by atoms with Crippen molar-refractivity contribution in [2.75, 3.05) is 0 Å². The molecule has 31 heavy (non-hydrogen) atoms. The molecule has 0 aliphatic carbocycles. The number of allylic oxidation sites excluding steroid dienone is 1. The average molecular weight is 435 g/mol. The van der Waals surface area contributed by atoms with Crippen molar-refractivity contribution >= 4 is 34.0 Å². The van der Waals surface area contributed by atoms with Crippen LogP contribution >= 0.6 is 11.6 Å². The van der Waals surface area contributed by atoms with E-state index in [1.54, 1.807) is 36.1 Å². The van der Waals surface area contributed by atoms with Crippen LogP contribution in [-0.4, -0.2) is 20.0 Å². The van der Waals surface area contributed by atoms with Gasteiger partial charge in [-0.25, -0.2) is 9.49 Å². The molecule has 2 aromatic heterocycles. The van der Waals surface area contributed by atoms with Crippen molar-refractivity contribution in [1.29, 1.82) is 5.26 Å². The first-order chi connectivity index (χ1) is 14.9. The Balaban J connectivity index is 1.89. The lowest BCUT2D eigenvalue weighted by Gasteiger charge is -2.07. The van der Waals surface area contributed by atoms with Crippen LogP contribution in [0.4, 0.5) is 4.39 Å². The van der Waals surface area contributed by atoms with E-state index in [2.05, 4.69) is 21.4 Å². The number of hydrogen-bond donors (Lipinski definition) is 2. The van der Waals surface area contributed by atoms with Gasteiger partial charge in [-0.3, -0.25) is 9.48 Å². The number of halogens is 2. The number of aromatic amines is 1. The van der Waals surface area contributed by atoms with Gasteiger partial charge in [-0.1, -0.05) is 17.7 Å². The number of fused-ring (bicyclic) bond motifs is 1. The molecule has 0 saturated carbocycles. The van der Waals surface area contributed by atoms with Gasteiger partial charge in [-0.05, 0) is 47.5 Å². The van der Waals surface area contributed by atoms with Gasteiger partial charge in [-0.2, -0.15) is 15.5 Å². The minimum Gasteiger partial charge on any atom is -0.325 e. The van der Waals surface area contributed by atoms with Crippen molar-refractivity contribution in [2.45, 2.75) is 6.54 Å². The van der Waals surface area contributed by atoms with E-state index < -0.39 is 5.82 Å². The topological polar surface area (TPSA) is 113 Å². The molecule has 0 atom stereocenters. The van der Waals surface area contributed by atoms with E-state index in [1.165, 1.54) is 18.2 Å². The summed E-state index contributed by atoms with van der Waals surface area (Å²) in [6, 6.07) is 11.3. The lowest BCUT2D eigenvalue weighted by Crippen LogP contribution is -2.13. The van der Waals surface area contributed by atoms with Crippen LogP contribution in [0.5, 0.6) is 0 Å². The van der Waals surface area contributed by atoms with Crippen molar-refractivity contribution in [1.82, 2.24) is 20.0 Å². The molecule has 154 valence electrons. The van der Waals surface area contributed by atoms with Gasteiger partial charge in [0.15, 0.2) is 0 Å². The highest BCUT2D eigenvalue weighted by molar-refractivity contribution is 6.30. The number of benzene rings is 2. The number of aryl methyl sites for hydroxylation is 1. The molecule has 0 fully saturated rings. The van der Waals surface area contributed by atoms with Crippen LogP contribution in [0, 0.1) is 17.1 Å².